The van der Waals surface area contributed by atoms with Gasteiger partial charge in [0.2, 0.25) is 5.82 Å². The number of carbonyl (C=O) groups is 1. The summed E-state index contributed by atoms with van der Waals surface area (Å²) in [5.74, 6) is 1.34. The number of benzene rings is 1. The Bertz CT molecular complexity index is 1390. The first-order chi connectivity index (χ1) is 15.7. The third-order valence-electron chi connectivity index (χ3n) is 4.89. The standard InChI is InChI=1S/C23H18N8O/c1-30(17-7-3-2-4-8-17)21-11-10-20-27-28-22(31(20)29-21)18-15-16(12-14-24-18)23(32)26-19-9-5-6-13-25-19/h2-15H,1H3,(H,25,26,32). The zero-order valence-corrected chi connectivity index (χ0v) is 17.1. The van der Waals surface area contributed by atoms with Crippen LogP contribution in [0.4, 0.5) is 17.3 Å². The van der Waals surface area contributed by atoms with E-state index in [1.54, 1.807) is 47.2 Å². The second-order valence-electron chi connectivity index (χ2n) is 6.98. The molecule has 0 atom stereocenters. The van der Waals surface area contributed by atoms with Gasteiger partial charge in [-0.2, -0.15) is 4.52 Å². The van der Waals surface area contributed by atoms with E-state index in [9.17, 15) is 4.79 Å². The summed E-state index contributed by atoms with van der Waals surface area (Å²) in [5.41, 5.74) is 2.49. The van der Waals surface area contributed by atoms with E-state index in [-0.39, 0.29) is 5.91 Å². The van der Waals surface area contributed by atoms with Gasteiger partial charge in [0.1, 0.15) is 11.5 Å². The van der Waals surface area contributed by atoms with Crippen LogP contribution in [0.2, 0.25) is 0 Å². The van der Waals surface area contributed by atoms with Crippen molar-refractivity contribution in [2.45, 2.75) is 0 Å². The second-order valence-corrected chi connectivity index (χ2v) is 6.98. The van der Waals surface area contributed by atoms with Crippen LogP contribution >= 0.6 is 0 Å². The molecule has 9 heteroatoms. The molecule has 4 aromatic heterocycles. The van der Waals surface area contributed by atoms with Crippen LogP contribution in [0.5, 0.6) is 0 Å². The van der Waals surface area contributed by atoms with E-state index in [4.69, 9.17) is 5.10 Å². The molecule has 0 aliphatic heterocycles. The highest BCUT2D eigenvalue weighted by atomic mass is 16.1. The average molecular weight is 422 g/mol. The molecule has 5 aromatic rings. The molecule has 1 N–H and O–H groups in total. The molecule has 9 nitrogen and oxygen atoms in total. The maximum Gasteiger partial charge on any atom is 0.256 e. The lowest BCUT2D eigenvalue weighted by Crippen LogP contribution is -2.14. The lowest BCUT2D eigenvalue weighted by molar-refractivity contribution is 0.102. The highest BCUT2D eigenvalue weighted by Crippen LogP contribution is 2.23. The van der Waals surface area contributed by atoms with Crippen molar-refractivity contribution in [3.63, 3.8) is 0 Å². The van der Waals surface area contributed by atoms with Crippen LogP contribution in [0, 0.1) is 0 Å². The summed E-state index contributed by atoms with van der Waals surface area (Å²) in [5, 5.41) is 15.9. The van der Waals surface area contributed by atoms with Crippen molar-refractivity contribution in [2.75, 3.05) is 17.3 Å². The van der Waals surface area contributed by atoms with Gasteiger partial charge in [-0.15, -0.1) is 15.3 Å². The van der Waals surface area contributed by atoms with Crippen LogP contribution in [0.1, 0.15) is 10.4 Å². The first-order valence-electron chi connectivity index (χ1n) is 9.89. The topological polar surface area (TPSA) is 101 Å². The number of para-hydroxylation sites is 1. The first kappa shape index (κ1) is 19.3. The van der Waals surface area contributed by atoms with E-state index in [0.717, 1.165) is 5.69 Å². The van der Waals surface area contributed by atoms with Gasteiger partial charge in [0.05, 0.1) is 0 Å². The molecule has 4 heterocycles. The first-order valence-corrected chi connectivity index (χ1v) is 9.89. The molecule has 0 aliphatic carbocycles. The molecule has 0 fully saturated rings. The smallest absolute Gasteiger partial charge is 0.256 e. The lowest BCUT2D eigenvalue weighted by Gasteiger charge is -2.18. The normalized spacial score (nSPS) is 10.8. The fourth-order valence-corrected chi connectivity index (χ4v) is 3.22. The molecule has 32 heavy (non-hydrogen) atoms. The van der Waals surface area contributed by atoms with Gasteiger partial charge in [-0.3, -0.25) is 9.78 Å². The number of fused-ring (bicyclic) bond motifs is 1. The number of amides is 1. The second kappa shape index (κ2) is 8.23. The van der Waals surface area contributed by atoms with Crippen LogP contribution in [0.15, 0.2) is 85.2 Å². The van der Waals surface area contributed by atoms with Crippen LogP contribution in [-0.4, -0.2) is 42.7 Å². The lowest BCUT2D eigenvalue weighted by atomic mass is 10.2. The maximum absolute atomic E-state index is 12.7. The number of nitrogens with zero attached hydrogens (tertiary/aromatic N) is 7. The van der Waals surface area contributed by atoms with E-state index in [1.165, 1.54) is 0 Å². The highest BCUT2D eigenvalue weighted by molar-refractivity contribution is 6.04. The Labute approximate surface area is 183 Å². The molecule has 0 aliphatic rings. The van der Waals surface area contributed by atoms with Crippen molar-refractivity contribution in [3.8, 4) is 11.5 Å². The summed E-state index contributed by atoms with van der Waals surface area (Å²) in [7, 11) is 1.94. The Hall–Kier alpha value is -4.66. The van der Waals surface area contributed by atoms with E-state index >= 15 is 0 Å². The molecule has 1 aromatic carbocycles. The number of nitrogens with one attached hydrogen (secondary N) is 1. The average Bonchev–Trinajstić information content (AvgIpc) is 3.28. The summed E-state index contributed by atoms with van der Waals surface area (Å²) in [6.07, 6.45) is 3.18. The molecule has 156 valence electrons. The molecule has 0 spiro atoms. The minimum Gasteiger partial charge on any atom is -0.328 e. The van der Waals surface area contributed by atoms with Crippen LogP contribution < -0.4 is 10.2 Å². The summed E-state index contributed by atoms with van der Waals surface area (Å²) in [4.78, 5) is 23.1. The Morgan fingerprint density at radius 2 is 1.75 bits per heavy atom. The van der Waals surface area contributed by atoms with E-state index < -0.39 is 0 Å². The van der Waals surface area contributed by atoms with Crippen molar-refractivity contribution in [1.82, 2.24) is 29.8 Å². The van der Waals surface area contributed by atoms with Crippen LogP contribution in [0.3, 0.4) is 0 Å². The fourth-order valence-electron chi connectivity index (χ4n) is 3.22. The SMILES string of the molecule is CN(c1ccccc1)c1ccc2nnc(-c3cc(C(=O)Nc4ccccn4)ccn3)n2n1. The van der Waals surface area contributed by atoms with Crippen molar-refractivity contribution < 1.29 is 4.79 Å². The largest absolute Gasteiger partial charge is 0.328 e. The minimum absolute atomic E-state index is 0.293. The Balaban J connectivity index is 1.48. The summed E-state index contributed by atoms with van der Waals surface area (Å²) < 4.78 is 1.62. The summed E-state index contributed by atoms with van der Waals surface area (Å²) >= 11 is 0. The van der Waals surface area contributed by atoms with Gasteiger partial charge in [0, 0.05) is 30.7 Å². The van der Waals surface area contributed by atoms with Crippen LogP contribution in [0.25, 0.3) is 17.2 Å². The third-order valence-corrected chi connectivity index (χ3v) is 4.89. The molecule has 1 amide bonds. The van der Waals surface area contributed by atoms with E-state index in [1.807, 2.05) is 54.4 Å². The van der Waals surface area contributed by atoms with Gasteiger partial charge >= 0.3 is 0 Å². The van der Waals surface area contributed by atoms with Gasteiger partial charge in [-0.05, 0) is 48.5 Å². The molecular formula is C23H18N8O. The van der Waals surface area contributed by atoms with Gasteiger partial charge < -0.3 is 10.2 Å². The monoisotopic (exact) mass is 422 g/mol. The number of pyridine rings is 2. The number of hydrogen-bond acceptors (Lipinski definition) is 7. The predicted molar refractivity (Wildman–Crippen MR) is 121 cm³/mol. The number of hydrogen-bond donors (Lipinski definition) is 1. The number of rotatable bonds is 5. The zero-order valence-electron chi connectivity index (χ0n) is 17.1. The quantitative estimate of drug-likeness (QED) is 0.462. The van der Waals surface area contributed by atoms with E-state index in [2.05, 4.69) is 25.5 Å². The van der Waals surface area contributed by atoms with Crippen molar-refractivity contribution >= 4 is 28.9 Å². The van der Waals surface area contributed by atoms with Gasteiger partial charge in [0.15, 0.2) is 11.5 Å². The van der Waals surface area contributed by atoms with Crippen molar-refractivity contribution in [3.05, 3.63) is 90.8 Å². The molecule has 0 bridgehead atoms. The number of aromatic nitrogens is 6. The summed E-state index contributed by atoms with van der Waals surface area (Å²) in [6, 6.07) is 22.2. The van der Waals surface area contributed by atoms with Crippen molar-refractivity contribution in [2.24, 2.45) is 0 Å². The van der Waals surface area contributed by atoms with Gasteiger partial charge in [-0.25, -0.2) is 4.98 Å². The molecule has 0 saturated carbocycles. The van der Waals surface area contributed by atoms with Crippen molar-refractivity contribution in [1.29, 1.82) is 0 Å². The van der Waals surface area contributed by atoms with E-state index in [0.29, 0.717) is 34.4 Å². The Morgan fingerprint density at radius 1 is 0.906 bits per heavy atom. The zero-order chi connectivity index (χ0) is 21.9. The predicted octanol–water partition coefficient (Wildman–Crippen LogP) is 3.60. The third kappa shape index (κ3) is 3.74. The highest BCUT2D eigenvalue weighted by Gasteiger charge is 2.15. The molecule has 5 rings (SSSR count). The molecular weight excluding hydrogens is 404 g/mol. The fraction of sp³-hybridized carbons (Fsp3) is 0.0435. The molecule has 0 radical (unpaired) electrons. The minimum atomic E-state index is -0.293. The number of anilines is 3. The Kier molecular flexibility index (Phi) is 4.97. The Morgan fingerprint density at radius 3 is 2.56 bits per heavy atom. The molecule has 0 unspecified atom stereocenters. The van der Waals surface area contributed by atoms with Gasteiger partial charge in [0.25, 0.3) is 5.91 Å². The molecule has 0 saturated heterocycles. The number of carbonyl (C=O) groups excluding carboxylic acids is 1. The maximum atomic E-state index is 12.7. The van der Waals surface area contributed by atoms with Gasteiger partial charge in [-0.1, -0.05) is 24.3 Å². The summed E-state index contributed by atoms with van der Waals surface area (Å²) in [6.45, 7) is 0. The van der Waals surface area contributed by atoms with Crippen LogP contribution in [-0.2, 0) is 0 Å².